The molecule has 0 radical (unpaired) electrons. The molecule has 4 heterocycles. The molecule has 12 heteroatoms. The Bertz CT molecular complexity index is 1610. The third-order valence-electron chi connectivity index (χ3n) is 7.76. The zero-order valence-corrected chi connectivity index (χ0v) is 21.3. The topological polar surface area (TPSA) is 114 Å². The van der Waals surface area contributed by atoms with Crippen LogP contribution in [0, 0.1) is 12.7 Å². The number of anilines is 1. The average Bonchev–Trinajstić information content (AvgIpc) is 3.58. The lowest BCUT2D eigenvalue weighted by atomic mass is 10.0. The minimum atomic E-state index is -4.42. The van der Waals surface area contributed by atoms with E-state index in [0.29, 0.717) is 46.4 Å². The zero-order valence-electron chi connectivity index (χ0n) is 21.3. The van der Waals surface area contributed by atoms with Gasteiger partial charge in [0.15, 0.2) is 6.23 Å². The Balaban J connectivity index is 1.68. The van der Waals surface area contributed by atoms with Crippen molar-refractivity contribution in [1.82, 2.24) is 19.3 Å². The second-order valence-corrected chi connectivity index (χ2v) is 10.4. The van der Waals surface area contributed by atoms with Gasteiger partial charge in [-0.05, 0) is 51.0 Å². The molecule has 1 unspecified atom stereocenters. The first-order valence-electron chi connectivity index (χ1n) is 13.0. The van der Waals surface area contributed by atoms with Gasteiger partial charge in [0.2, 0.25) is 0 Å². The maximum Gasteiger partial charge on any atom is 0.389 e. The molecule has 0 spiro atoms. The number of rotatable bonds is 6. The number of alkyl halides is 3. The third-order valence-corrected chi connectivity index (χ3v) is 7.76. The number of aromatic nitrogens is 4. The van der Waals surface area contributed by atoms with Gasteiger partial charge in [-0.25, -0.2) is 9.07 Å². The highest BCUT2D eigenvalue weighted by atomic mass is 19.4. The summed E-state index contributed by atoms with van der Waals surface area (Å²) in [5, 5.41) is 5.26. The second kappa shape index (κ2) is 9.22. The van der Waals surface area contributed by atoms with Gasteiger partial charge in [-0.3, -0.25) is 14.3 Å². The fraction of sp³-hybridized carbons (Fsp3) is 0.444. The Kier molecular flexibility index (Phi) is 6.05. The molecule has 0 bridgehead atoms. The van der Waals surface area contributed by atoms with Gasteiger partial charge in [0.05, 0.1) is 28.5 Å². The Morgan fingerprint density at radius 2 is 1.95 bits per heavy atom. The second-order valence-electron chi connectivity index (χ2n) is 10.4. The quantitative estimate of drug-likeness (QED) is 0.308. The van der Waals surface area contributed by atoms with Crippen LogP contribution in [0.15, 0.2) is 18.5 Å². The summed E-state index contributed by atoms with van der Waals surface area (Å²) < 4.78 is 64.8. The van der Waals surface area contributed by atoms with E-state index in [9.17, 15) is 18.0 Å². The first kappa shape index (κ1) is 25.6. The first-order chi connectivity index (χ1) is 18.6. The smallest absolute Gasteiger partial charge is 0.384 e. The van der Waals surface area contributed by atoms with E-state index < -0.39 is 24.3 Å². The van der Waals surface area contributed by atoms with Crippen LogP contribution in [0.1, 0.15) is 77.8 Å². The molecule has 8 nitrogen and oxygen atoms in total. The summed E-state index contributed by atoms with van der Waals surface area (Å²) in [7, 11) is 0. The molecular formula is C27H28F4N6O2. The molecule has 4 aromatic rings. The van der Waals surface area contributed by atoms with Crippen molar-refractivity contribution in [3.8, 4) is 5.69 Å². The Morgan fingerprint density at radius 3 is 2.59 bits per heavy atom. The number of carbonyl (C=O) groups excluding carboxylic acids is 1. The van der Waals surface area contributed by atoms with E-state index in [0.717, 1.165) is 25.7 Å². The summed E-state index contributed by atoms with van der Waals surface area (Å²) in [5.74, 6) is -1.47. The molecule has 39 heavy (non-hydrogen) atoms. The summed E-state index contributed by atoms with van der Waals surface area (Å²) in [5.41, 5.74) is 14.3. The molecule has 1 aliphatic heterocycles. The van der Waals surface area contributed by atoms with Crippen LogP contribution in [0.5, 0.6) is 0 Å². The van der Waals surface area contributed by atoms with Crippen molar-refractivity contribution >= 4 is 33.5 Å². The number of aryl methyl sites for hydroxylation is 1. The molecule has 1 atom stereocenters. The number of primary amides is 1. The number of ether oxygens (including phenoxy) is 1. The van der Waals surface area contributed by atoms with Crippen LogP contribution in [0.3, 0.4) is 0 Å². The van der Waals surface area contributed by atoms with E-state index >= 15 is 4.39 Å². The Labute approximate surface area is 220 Å². The van der Waals surface area contributed by atoms with Crippen LogP contribution in [0.25, 0.3) is 27.5 Å². The Morgan fingerprint density at radius 1 is 1.18 bits per heavy atom. The molecular weight excluding hydrogens is 516 g/mol. The average molecular weight is 545 g/mol. The van der Waals surface area contributed by atoms with E-state index in [1.807, 2.05) is 0 Å². The molecule has 1 saturated heterocycles. The highest BCUT2D eigenvalue weighted by Gasteiger charge is 2.35. The molecule has 4 N–H and O–H groups in total. The molecule has 2 fully saturated rings. The molecule has 1 saturated carbocycles. The molecule has 6 rings (SSSR count). The van der Waals surface area contributed by atoms with E-state index in [1.165, 1.54) is 16.8 Å². The number of nitrogen functional groups attached to an aromatic ring is 1. The lowest BCUT2D eigenvalue weighted by Crippen LogP contribution is -2.19. The summed E-state index contributed by atoms with van der Waals surface area (Å²) >= 11 is 0. The first-order valence-corrected chi connectivity index (χ1v) is 13.0. The zero-order chi connectivity index (χ0) is 27.6. The fourth-order valence-corrected chi connectivity index (χ4v) is 5.75. The number of pyridine rings is 1. The van der Waals surface area contributed by atoms with Gasteiger partial charge >= 0.3 is 6.18 Å². The SMILES string of the molecule is Cc1c(F)cc2c(cnn2C2CCCCO2)c1-n1c(N)c(C(N)=O)c2cnc(C3CC3)c(CCC(F)(F)F)c21. The number of hydrogen-bond donors (Lipinski definition) is 2. The van der Waals surface area contributed by atoms with Crippen molar-refractivity contribution in [1.29, 1.82) is 0 Å². The van der Waals surface area contributed by atoms with Crippen LogP contribution < -0.4 is 11.5 Å². The predicted molar refractivity (Wildman–Crippen MR) is 137 cm³/mol. The van der Waals surface area contributed by atoms with Gasteiger partial charge in [-0.15, -0.1) is 0 Å². The van der Waals surface area contributed by atoms with E-state index in [-0.39, 0.29) is 40.9 Å². The molecule has 2 aliphatic rings. The lowest BCUT2D eigenvalue weighted by molar-refractivity contribution is -0.133. The lowest BCUT2D eigenvalue weighted by Gasteiger charge is -2.24. The largest absolute Gasteiger partial charge is 0.389 e. The van der Waals surface area contributed by atoms with Crippen molar-refractivity contribution in [2.75, 3.05) is 12.3 Å². The number of nitrogens with zero attached hydrogens (tertiary/aromatic N) is 4. The van der Waals surface area contributed by atoms with E-state index in [1.54, 1.807) is 17.8 Å². The van der Waals surface area contributed by atoms with Crippen molar-refractivity contribution in [2.45, 2.75) is 70.2 Å². The summed E-state index contributed by atoms with van der Waals surface area (Å²) in [6, 6.07) is 1.37. The van der Waals surface area contributed by atoms with Gasteiger partial charge in [0, 0.05) is 53.2 Å². The minimum absolute atomic E-state index is 0.0130. The van der Waals surface area contributed by atoms with Crippen LogP contribution in [0.2, 0.25) is 0 Å². The van der Waals surface area contributed by atoms with Crippen molar-refractivity contribution in [3.63, 3.8) is 0 Å². The highest BCUT2D eigenvalue weighted by Crippen LogP contribution is 2.46. The third kappa shape index (κ3) is 4.30. The summed E-state index contributed by atoms with van der Waals surface area (Å²) in [6.07, 6.45) is 0.939. The highest BCUT2D eigenvalue weighted by molar-refractivity contribution is 6.13. The van der Waals surface area contributed by atoms with Crippen molar-refractivity contribution < 1.29 is 27.1 Å². The number of amides is 1. The molecule has 3 aromatic heterocycles. The predicted octanol–water partition coefficient (Wildman–Crippen LogP) is 5.58. The van der Waals surface area contributed by atoms with Gasteiger partial charge < -0.3 is 16.2 Å². The molecule has 1 aliphatic carbocycles. The van der Waals surface area contributed by atoms with Crippen molar-refractivity contribution in [3.05, 3.63) is 46.7 Å². The van der Waals surface area contributed by atoms with Gasteiger partial charge in [0.1, 0.15) is 11.6 Å². The number of hydrogen-bond acceptors (Lipinski definition) is 5. The summed E-state index contributed by atoms with van der Waals surface area (Å²) in [4.78, 5) is 17.1. The van der Waals surface area contributed by atoms with Crippen LogP contribution in [0.4, 0.5) is 23.4 Å². The monoisotopic (exact) mass is 544 g/mol. The van der Waals surface area contributed by atoms with Gasteiger partial charge in [0.25, 0.3) is 5.91 Å². The number of fused-ring (bicyclic) bond motifs is 2. The number of benzene rings is 1. The minimum Gasteiger partial charge on any atom is -0.384 e. The summed E-state index contributed by atoms with van der Waals surface area (Å²) in [6.45, 7) is 2.12. The molecule has 1 aromatic carbocycles. The van der Waals surface area contributed by atoms with Crippen molar-refractivity contribution in [2.24, 2.45) is 5.73 Å². The van der Waals surface area contributed by atoms with Crippen LogP contribution in [-0.2, 0) is 11.2 Å². The standard InChI is InChI=1S/C27H28F4N6O2/c1-13-18(28)10-19-16(12-35-37(19)20-4-2-3-9-39-20)23(13)36-24-15(7-8-27(29,30)31)22(14-5-6-14)34-11-17(24)21(25(36)32)26(33)38/h10-12,14,20H,2-9,32H2,1H3,(H2,33,38). The van der Waals surface area contributed by atoms with E-state index in [4.69, 9.17) is 16.2 Å². The number of halogens is 4. The normalized spacial score (nSPS) is 18.3. The fourth-order valence-electron chi connectivity index (χ4n) is 5.75. The maximum atomic E-state index is 15.6. The number of nitrogens with two attached hydrogens (primary N) is 2. The molecule has 1 amide bonds. The number of carbonyl (C=O) groups is 1. The van der Waals surface area contributed by atoms with Crippen LogP contribution >= 0.6 is 0 Å². The maximum absolute atomic E-state index is 15.6. The van der Waals surface area contributed by atoms with Crippen LogP contribution in [-0.4, -0.2) is 38.0 Å². The Hall–Kier alpha value is -3.67. The van der Waals surface area contributed by atoms with Gasteiger partial charge in [-0.1, -0.05) is 0 Å². The van der Waals surface area contributed by atoms with E-state index in [2.05, 4.69) is 10.1 Å². The van der Waals surface area contributed by atoms with Gasteiger partial charge in [-0.2, -0.15) is 18.3 Å². The molecule has 206 valence electrons.